The van der Waals surface area contributed by atoms with E-state index in [1.807, 2.05) is 6.07 Å². The second-order valence-corrected chi connectivity index (χ2v) is 8.09. The number of aliphatic hydroxyl groups excluding tert-OH is 1. The Morgan fingerprint density at radius 2 is 1.96 bits per heavy atom. The number of thiophene rings is 1. The molecule has 1 aliphatic rings. The third-order valence-corrected chi connectivity index (χ3v) is 6.33. The molecule has 1 N–H and O–H groups in total. The van der Waals surface area contributed by atoms with Crippen LogP contribution in [0.1, 0.15) is 67.2 Å². The van der Waals surface area contributed by atoms with Crippen LogP contribution in [0.3, 0.4) is 0 Å². The van der Waals surface area contributed by atoms with Crippen LogP contribution in [-0.2, 0) is 43.9 Å². The molecule has 1 aromatic carbocycles. The van der Waals surface area contributed by atoms with E-state index in [2.05, 4.69) is 49.1 Å². The molecule has 1 saturated heterocycles. The van der Waals surface area contributed by atoms with Crippen LogP contribution in [0, 0.1) is 6.92 Å². The molecule has 0 bridgehead atoms. The number of Topliss-reactive ketones (excluding diaryl/α,β-unsaturated/α-hetero) is 1. The van der Waals surface area contributed by atoms with Gasteiger partial charge < -0.3 is 16.9 Å². The van der Waals surface area contributed by atoms with Gasteiger partial charge in [-0.05, 0) is 24.1 Å². The number of benzene rings is 1. The van der Waals surface area contributed by atoms with Crippen LogP contribution in [0.5, 0.6) is 0 Å². The van der Waals surface area contributed by atoms with Gasteiger partial charge in [0.25, 0.3) is 0 Å². The maximum atomic E-state index is 12.5. The van der Waals surface area contributed by atoms with Crippen LogP contribution in [-0.4, -0.2) is 17.4 Å². The largest absolute Gasteiger partial charge is 0.388 e. The molecule has 2 atom stereocenters. The van der Waals surface area contributed by atoms with Gasteiger partial charge in [-0.2, -0.15) is 6.42 Å². The number of unbranched alkanes of at least 4 members (excludes halogenated alkanes) is 2. The van der Waals surface area contributed by atoms with Crippen LogP contribution in [0.15, 0.2) is 36.4 Å². The summed E-state index contributed by atoms with van der Waals surface area (Å²) in [5, 5.41) is 11.5. The third-order valence-electron chi connectivity index (χ3n) is 5.11. The minimum Gasteiger partial charge on any atom is -0.388 e. The maximum absolute atomic E-state index is 12.5. The van der Waals surface area contributed by atoms with E-state index >= 15 is 0 Å². The van der Waals surface area contributed by atoms with Gasteiger partial charge in [0.1, 0.15) is 6.04 Å². The van der Waals surface area contributed by atoms with Crippen molar-refractivity contribution in [2.24, 2.45) is 0 Å². The van der Waals surface area contributed by atoms with Crippen molar-refractivity contribution < 1.29 is 42.6 Å². The summed E-state index contributed by atoms with van der Waals surface area (Å²) in [6.07, 6.45) is 5.11. The zero-order valence-corrected chi connectivity index (χ0v) is 19.7. The first-order chi connectivity index (χ1) is 12.6. The first-order valence-corrected chi connectivity index (χ1v) is 10.4. The van der Waals surface area contributed by atoms with E-state index in [-0.39, 0.29) is 44.5 Å². The molecule has 0 amide bonds. The number of aliphatic hydroxyl groups is 1. The van der Waals surface area contributed by atoms with E-state index in [9.17, 15) is 9.90 Å². The van der Waals surface area contributed by atoms with E-state index < -0.39 is 6.10 Å². The van der Waals surface area contributed by atoms with Gasteiger partial charge in [-0.15, -0.1) is 11.3 Å². The third kappa shape index (κ3) is 5.50. The van der Waals surface area contributed by atoms with E-state index in [0.29, 0.717) is 6.42 Å². The standard InChI is InChI=1S/C22H28NO2S.Y/c1-3-5-6-7-18(24)20-12-13-21(26-20)23-15-14-19(25)22(23)17-10-8-16(4-2)9-11-17;/h8-13,18,22,24H,2-7,14-15H2,1H3;/q-1;. The smallest absolute Gasteiger partial charge is 0.161 e. The molecule has 143 valence electrons. The Labute approximate surface area is 192 Å². The zero-order chi connectivity index (χ0) is 18.5. The van der Waals surface area contributed by atoms with Crippen molar-refractivity contribution >= 4 is 22.1 Å². The number of ketones is 1. The summed E-state index contributed by atoms with van der Waals surface area (Å²) in [4.78, 5) is 15.7. The fourth-order valence-electron chi connectivity index (χ4n) is 3.55. The molecule has 1 radical (unpaired) electrons. The number of hydrogen-bond donors (Lipinski definition) is 1. The number of rotatable bonds is 8. The first kappa shape index (κ1) is 22.7. The normalized spacial score (nSPS) is 17.8. The van der Waals surface area contributed by atoms with Gasteiger partial charge in [0.2, 0.25) is 0 Å². The number of carbonyl (C=O) groups is 1. The summed E-state index contributed by atoms with van der Waals surface area (Å²) in [6.45, 7) is 6.82. The van der Waals surface area contributed by atoms with Crippen molar-refractivity contribution in [3.63, 3.8) is 0 Å². The maximum Gasteiger partial charge on any atom is 0.161 e. The van der Waals surface area contributed by atoms with Crippen molar-refractivity contribution in [3.8, 4) is 0 Å². The molecule has 5 heteroatoms. The number of nitrogens with zero attached hydrogens (tertiary/aromatic N) is 1. The molecule has 0 saturated carbocycles. The van der Waals surface area contributed by atoms with E-state index in [4.69, 9.17) is 0 Å². The quantitative estimate of drug-likeness (QED) is 0.433. The average molecular weight is 459 g/mol. The molecule has 1 fully saturated rings. The minimum absolute atomic E-state index is 0. The summed E-state index contributed by atoms with van der Waals surface area (Å²) in [7, 11) is 0. The Morgan fingerprint density at radius 3 is 2.63 bits per heavy atom. The van der Waals surface area contributed by atoms with Gasteiger partial charge in [0.15, 0.2) is 5.78 Å². The number of hydrogen-bond acceptors (Lipinski definition) is 4. The predicted octanol–water partition coefficient (Wildman–Crippen LogP) is 5.26. The second-order valence-electron chi connectivity index (χ2n) is 6.99. The van der Waals surface area contributed by atoms with Gasteiger partial charge in [0.05, 0.1) is 11.1 Å². The van der Waals surface area contributed by atoms with E-state index in [1.165, 1.54) is 5.56 Å². The SMILES string of the molecule is [CH2-]Cc1ccc(C2C(=O)CCN2c2ccc(C(O)CCCCC)s2)cc1.[Y]. The van der Waals surface area contributed by atoms with E-state index in [0.717, 1.165) is 54.1 Å². The molecule has 0 spiro atoms. The summed E-state index contributed by atoms with van der Waals surface area (Å²) in [6, 6.07) is 12.1. The molecule has 0 aliphatic carbocycles. The molecule has 3 nitrogen and oxygen atoms in total. The van der Waals surface area contributed by atoms with Gasteiger partial charge >= 0.3 is 0 Å². The van der Waals surface area contributed by atoms with Crippen molar-refractivity contribution in [2.45, 2.75) is 57.6 Å². The number of anilines is 1. The second kappa shape index (κ2) is 10.9. The Bertz CT molecular complexity index is 728. The monoisotopic (exact) mass is 459 g/mol. The Morgan fingerprint density at radius 1 is 1.22 bits per heavy atom. The summed E-state index contributed by atoms with van der Waals surface area (Å²) < 4.78 is 0. The molecule has 3 rings (SSSR count). The van der Waals surface area contributed by atoms with Gasteiger partial charge in [-0.25, -0.2) is 0 Å². The number of carbonyl (C=O) groups excluding carboxylic acids is 1. The van der Waals surface area contributed by atoms with Crippen LogP contribution in [0.4, 0.5) is 5.00 Å². The van der Waals surface area contributed by atoms with Crippen molar-refractivity contribution in [1.82, 2.24) is 0 Å². The Hall–Kier alpha value is -0.546. The van der Waals surface area contributed by atoms with Crippen molar-refractivity contribution in [2.75, 3.05) is 11.4 Å². The Balaban J connectivity index is 0.00000261. The molecule has 2 unspecified atom stereocenters. The van der Waals surface area contributed by atoms with E-state index in [1.54, 1.807) is 11.3 Å². The van der Waals surface area contributed by atoms with Gasteiger partial charge in [-0.1, -0.05) is 56.0 Å². The molecule has 2 heterocycles. The Kier molecular flexibility index (Phi) is 9.14. The van der Waals surface area contributed by atoms with Crippen LogP contribution in [0.25, 0.3) is 0 Å². The topological polar surface area (TPSA) is 40.5 Å². The van der Waals surface area contributed by atoms with Gasteiger partial charge in [-0.3, -0.25) is 4.79 Å². The molecular weight excluding hydrogens is 431 g/mol. The fraction of sp³-hybridized carbons (Fsp3) is 0.455. The first-order valence-electron chi connectivity index (χ1n) is 9.59. The van der Waals surface area contributed by atoms with Crippen LogP contribution in [0.2, 0.25) is 0 Å². The molecule has 27 heavy (non-hydrogen) atoms. The van der Waals surface area contributed by atoms with Gasteiger partial charge in [0, 0.05) is 50.6 Å². The average Bonchev–Trinajstić information content (AvgIpc) is 3.29. The molecular formula is C22H28NO2SY-. The molecule has 2 aromatic rings. The summed E-state index contributed by atoms with van der Waals surface area (Å²) in [5.74, 6) is 0.269. The fourth-order valence-corrected chi connectivity index (χ4v) is 4.63. The van der Waals surface area contributed by atoms with Crippen LogP contribution < -0.4 is 4.90 Å². The zero-order valence-electron chi connectivity index (χ0n) is 16.1. The molecule has 1 aliphatic heterocycles. The molecule has 1 aromatic heterocycles. The summed E-state index contributed by atoms with van der Waals surface area (Å²) >= 11 is 1.62. The minimum atomic E-state index is -0.395. The predicted molar refractivity (Wildman–Crippen MR) is 109 cm³/mol. The van der Waals surface area contributed by atoms with Crippen LogP contribution >= 0.6 is 11.3 Å². The van der Waals surface area contributed by atoms with Crippen molar-refractivity contribution in [1.29, 1.82) is 0 Å². The van der Waals surface area contributed by atoms with Crippen molar-refractivity contribution in [3.05, 3.63) is 59.3 Å². The summed E-state index contributed by atoms with van der Waals surface area (Å²) in [5.41, 5.74) is 2.22.